The van der Waals surface area contributed by atoms with Gasteiger partial charge in [0.2, 0.25) is 0 Å². The Morgan fingerprint density at radius 2 is 0.831 bits per heavy atom. The first-order valence-corrected chi connectivity index (χ1v) is 22.6. The van der Waals surface area contributed by atoms with Crippen molar-refractivity contribution in [1.29, 1.82) is 0 Å². The van der Waals surface area contributed by atoms with Crippen LogP contribution in [-0.2, 0) is 5.41 Å². The monoisotopic (exact) mass is 830 g/mol. The van der Waals surface area contributed by atoms with Gasteiger partial charge in [-0.2, -0.15) is 0 Å². The molecular weight excluding hydrogens is 785 g/mol. The standard InChI is InChI=1S/C63H46N2/c1-63(2)55-32-14-11-30-54(55)62-56(63)33-19-37-60(62)64(59-36-18-31-50(45-22-7-4-8-23-45)61(59)53-29-10-9-26-49(53)44-20-5-3-6-21-44)47-40-38-43(39-41-47)46-24-17-25-48(42-46)65-57-34-15-12-27-51(57)52-28-13-16-35-58(52)65/h3-42H,1-2H3. The van der Waals surface area contributed by atoms with Gasteiger partial charge in [-0.3, -0.25) is 0 Å². The molecule has 65 heavy (non-hydrogen) atoms. The molecule has 10 aromatic carbocycles. The van der Waals surface area contributed by atoms with Gasteiger partial charge in [-0.15, -0.1) is 0 Å². The first-order valence-electron chi connectivity index (χ1n) is 22.6. The molecule has 0 unspecified atom stereocenters. The molecule has 0 atom stereocenters. The van der Waals surface area contributed by atoms with E-state index in [1.54, 1.807) is 0 Å². The minimum Gasteiger partial charge on any atom is -0.309 e. The first kappa shape index (κ1) is 38.5. The Morgan fingerprint density at radius 1 is 0.338 bits per heavy atom. The summed E-state index contributed by atoms with van der Waals surface area (Å²) < 4.78 is 2.40. The molecule has 308 valence electrons. The maximum Gasteiger partial charge on any atom is 0.0546 e. The van der Waals surface area contributed by atoms with E-state index in [0.717, 1.165) is 28.3 Å². The summed E-state index contributed by atoms with van der Waals surface area (Å²) in [6.07, 6.45) is 0. The van der Waals surface area contributed by atoms with E-state index in [2.05, 4.69) is 266 Å². The Bertz CT molecular complexity index is 3510. The number of para-hydroxylation sites is 2. The van der Waals surface area contributed by atoms with Gasteiger partial charge in [0.05, 0.1) is 22.4 Å². The van der Waals surface area contributed by atoms with Crippen LogP contribution in [0.15, 0.2) is 243 Å². The van der Waals surface area contributed by atoms with Gasteiger partial charge in [0, 0.05) is 38.7 Å². The summed E-state index contributed by atoms with van der Waals surface area (Å²) in [6.45, 7) is 4.73. The molecule has 1 aliphatic rings. The molecule has 0 aliphatic heterocycles. The van der Waals surface area contributed by atoms with Crippen LogP contribution < -0.4 is 4.90 Å². The Labute approximate surface area is 381 Å². The van der Waals surface area contributed by atoms with Gasteiger partial charge in [-0.1, -0.05) is 208 Å². The van der Waals surface area contributed by atoms with Crippen LogP contribution in [0, 0.1) is 0 Å². The summed E-state index contributed by atoms with van der Waals surface area (Å²) in [7, 11) is 0. The van der Waals surface area contributed by atoms with E-state index in [-0.39, 0.29) is 5.41 Å². The Morgan fingerprint density at radius 3 is 1.52 bits per heavy atom. The van der Waals surface area contributed by atoms with Crippen molar-refractivity contribution in [3.05, 3.63) is 254 Å². The van der Waals surface area contributed by atoms with E-state index in [4.69, 9.17) is 0 Å². The van der Waals surface area contributed by atoms with Crippen LogP contribution in [0.3, 0.4) is 0 Å². The Balaban J connectivity index is 1.08. The molecule has 0 spiro atoms. The van der Waals surface area contributed by atoms with Crippen molar-refractivity contribution >= 4 is 38.9 Å². The Kier molecular flexibility index (Phi) is 9.21. The predicted molar refractivity (Wildman–Crippen MR) is 275 cm³/mol. The van der Waals surface area contributed by atoms with Gasteiger partial charge in [-0.25, -0.2) is 0 Å². The summed E-state index contributed by atoms with van der Waals surface area (Å²) in [5.41, 5.74) is 21.5. The molecule has 0 N–H and O–H groups in total. The second-order valence-electron chi connectivity index (χ2n) is 17.6. The highest BCUT2D eigenvalue weighted by molar-refractivity contribution is 6.09. The van der Waals surface area contributed by atoms with Crippen molar-refractivity contribution in [3.63, 3.8) is 0 Å². The van der Waals surface area contributed by atoms with Gasteiger partial charge >= 0.3 is 0 Å². The fraction of sp³-hybridized carbons (Fsp3) is 0.0476. The molecule has 1 aromatic heterocycles. The second kappa shape index (κ2) is 15.6. The van der Waals surface area contributed by atoms with E-state index in [1.807, 2.05) is 0 Å². The number of hydrogen-bond donors (Lipinski definition) is 0. The quantitative estimate of drug-likeness (QED) is 0.148. The van der Waals surface area contributed by atoms with Crippen LogP contribution in [-0.4, -0.2) is 4.57 Å². The molecule has 1 heterocycles. The summed E-state index contributed by atoms with van der Waals surface area (Å²) in [4.78, 5) is 2.53. The molecule has 2 heteroatoms. The van der Waals surface area contributed by atoms with Crippen LogP contribution in [0.25, 0.3) is 83.1 Å². The van der Waals surface area contributed by atoms with Gasteiger partial charge in [-0.05, 0) is 104 Å². The van der Waals surface area contributed by atoms with Crippen molar-refractivity contribution in [2.75, 3.05) is 4.90 Å². The van der Waals surface area contributed by atoms with Gasteiger partial charge in [0.1, 0.15) is 0 Å². The molecule has 12 rings (SSSR count). The molecule has 0 radical (unpaired) electrons. The number of fused-ring (bicyclic) bond motifs is 6. The average molecular weight is 831 g/mol. The SMILES string of the molecule is CC1(C)c2ccccc2-c2c(N(c3ccc(-c4cccc(-n5c6ccccc6c6ccccc65)c4)cc3)c3cccc(-c4ccccc4)c3-c3ccccc3-c3ccccc3)cccc21. The number of aromatic nitrogens is 1. The number of rotatable bonds is 8. The lowest BCUT2D eigenvalue weighted by molar-refractivity contribution is 0.660. The van der Waals surface area contributed by atoms with E-state index in [1.165, 1.54) is 83.0 Å². The maximum absolute atomic E-state index is 2.53. The topological polar surface area (TPSA) is 8.17 Å². The fourth-order valence-electron chi connectivity index (χ4n) is 10.6. The molecule has 0 saturated heterocycles. The van der Waals surface area contributed by atoms with Crippen LogP contribution in [0.5, 0.6) is 0 Å². The summed E-state index contributed by atoms with van der Waals surface area (Å²) in [6, 6.07) is 88.9. The van der Waals surface area contributed by atoms with Crippen LogP contribution in [0.1, 0.15) is 25.0 Å². The van der Waals surface area contributed by atoms with Crippen molar-refractivity contribution in [2.24, 2.45) is 0 Å². The normalized spacial score (nSPS) is 12.6. The van der Waals surface area contributed by atoms with Crippen LogP contribution in [0.4, 0.5) is 17.1 Å². The van der Waals surface area contributed by atoms with E-state index in [0.29, 0.717) is 0 Å². The molecular formula is C63H46N2. The van der Waals surface area contributed by atoms with E-state index < -0.39 is 0 Å². The van der Waals surface area contributed by atoms with Crippen molar-refractivity contribution in [3.8, 4) is 61.3 Å². The van der Waals surface area contributed by atoms with Gasteiger partial charge < -0.3 is 9.47 Å². The van der Waals surface area contributed by atoms with Crippen molar-refractivity contribution in [1.82, 2.24) is 4.57 Å². The van der Waals surface area contributed by atoms with E-state index in [9.17, 15) is 0 Å². The fourth-order valence-corrected chi connectivity index (χ4v) is 10.6. The molecule has 0 bridgehead atoms. The second-order valence-corrected chi connectivity index (χ2v) is 17.6. The number of hydrogen-bond acceptors (Lipinski definition) is 1. The maximum atomic E-state index is 2.53. The highest BCUT2D eigenvalue weighted by atomic mass is 15.1. The average Bonchev–Trinajstić information content (AvgIpc) is 3.83. The summed E-state index contributed by atoms with van der Waals surface area (Å²) in [5.74, 6) is 0. The van der Waals surface area contributed by atoms with Crippen molar-refractivity contribution in [2.45, 2.75) is 19.3 Å². The third-order valence-corrected chi connectivity index (χ3v) is 13.6. The highest BCUT2D eigenvalue weighted by Crippen LogP contribution is 2.56. The molecule has 0 saturated carbocycles. The zero-order valence-corrected chi connectivity index (χ0v) is 36.5. The van der Waals surface area contributed by atoms with Crippen molar-refractivity contribution < 1.29 is 0 Å². The summed E-state index contributed by atoms with van der Waals surface area (Å²) in [5, 5.41) is 2.52. The minimum absolute atomic E-state index is 0.159. The van der Waals surface area contributed by atoms with Gasteiger partial charge in [0.25, 0.3) is 0 Å². The minimum atomic E-state index is -0.159. The first-order chi connectivity index (χ1) is 32.0. The van der Waals surface area contributed by atoms with Crippen LogP contribution in [0.2, 0.25) is 0 Å². The lowest BCUT2D eigenvalue weighted by Crippen LogP contribution is -2.16. The smallest absolute Gasteiger partial charge is 0.0546 e. The lowest BCUT2D eigenvalue weighted by atomic mass is 9.82. The third-order valence-electron chi connectivity index (χ3n) is 13.6. The van der Waals surface area contributed by atoms with E-state index >= 15 is 0 Å². The zero-order chi connectivity index (χ0) is 43.5. The highest BCUT2D eigenvalue weighted by Gasteiger charge is 2.38. The molecule has 0 amide bonds. The predicted octanol–water partition coefficient (Wildman–Crippen LogP) is 17.2. The zero-order valence-electron chi connectivity index (χ0n) is 36.5. The molecule has 0 fully saturated rings. The number of anilines is 3. The van der Waals surface area contributed by atoms with Crippen LogP contribution >= 0.6 is 0 Å². The number of benzene rings is 10. The van der Waals surface area contributed by atoms with Gasteiger partial charge in [0.15, 0.2) is 0 Å². The molecule has 2 nitrogen and oxygen atoms in total. The largest absolute Gasteiger partial charge is 0.309 e. The number of nitrogens with zero attached hydrogens (tertiary/aromatic N) is 2. The summed E-state index contributed by atoms with van der Waals surface area (Å²) >= 11 is 0. The third kappa shape index (κ3) is 6.32. The molecule has 1 aliphatic carbocycles. The molecule has 11 aromatic rings. The lowest BCUT2D eigenvalue weighted by Gasteiger charge is -2.32. The Hall–Kier alpha value is -8.20.